The summed E-state index contributed by atoms with van der Waals surface area (Å²) in [5, 5.41) is 14.8. The third kappa shape index (κ3) is 5.25. The van der Waals surface area contributed by atoms with Crippen molar-refractivity contribution in [2.45, 2.75) is 30.8 Å². The topological polar surface area (TPSA) is 88.9 Å². The van der Waals surface area contributed by atoms with Crippen LogP contribution in [0.3, 0.4) is 0 Å². The second kappa shape index (κ2) is 9.96. The van der Waals surface area contributed by atoms with Crippen molar-refractivity contribution in [3.8, 4) is 10.7 Å². The van der Waals surface area contributed by atoms with Crippen molar-refractivity contribution in [3.63, 3.8) is 0 Å². The lowest BCUT2D eigenvalue weighted by atomic mass is 10.2. The number of aromatic nitrogens is 3. The number of benzene rings is 1. The molecule has 0 aliphatic heterocycles. The highest BCUT2D eigenvalue weighted by Gasteiger charge is 2.21. The van der Waals surface area contributed by atoms with Crippen LogP contribution in [0.25, 0.3) is 10.7 Å². The van der Waals surface area contributed by atoms with Crippen molar-refractivity contribution in [2.24, 2.45) is 0 Å². The summed E-state index contributed by atoms with van der Waals surface area (Å²) in [4.78, 5) is 25.3. The molecule has 1 aromatic carbocycles. The molecule has 2 N–H and O–H groups in total. The Hall–Kier alpha value is -2.86. The van der Waals surface area contributed by atoms with Gasteiger partial charge in [-0.05, 0) is 37.4 Å². The van der Waals surface area contributed by atoms with E-state index in [1.54, 1.807) is 6.92 Å². The van der Waals surface area contributed by atoms with E-state index >= 15 is 0 Å². The summed E-state index contributed by atoms with van der Waals surface area (Å²) in [5.74, 6) is -5.09. The molecule has 0 radical (unpaired) electrons. The molecule has 0 aliphatic carbocycles. The Balaban J connectivity index is 1.57. The van der Waals surface area contributed by atoms with Gasteiger partial charge in [0.25, 0.3) is 0 Å². The van der Waals surface area contributed by atoms with Crippen LogP contribution in [0.5, 0.6) is 0 Å². The fourth-order valence-electron chi connectivity index (χ4n) is 2.59. The minimum absolute atomic E-state index is 0.450. The first-order valence-electron chi connectivity index (χ1n) is 9.16. The van der Waals surface area contributed by atoms with Crippen LogP contribution in [0, 0.1) is 17.5 Å². The van der Waals surface area contributed by atoms with Gasteiger partial charge in [0.15, 0.2) is 28.4 Å². The van der Waals surface area contributed by atoms with Gasteiger partial charge >= 0.3 is 0 Å². The van der Waals surface area contributed by atoms with Crippen molar-refractivity contribution in [3.05, 3.63) is 47.1 Å². The molecule has 0 aliphatic rings. The molecule has 31 heavy (non-hydrogen) atoms. The quantitative estimate of drug-likeness (QED) is 0.388. The van der Waals surface area contributed by atoms with Crippen LogP contribution >= 0.6 is 23.1 Å². The van der Waals surface area contributed by atoms with Crippen LogP contribution in [0.2, 0.25) is 0 Å². The summed E-state index contributed by atoms with van der Waals surface area (Å²) < 4.78 is 41.7. The van der Waals surface area contributed by atoms with Crippen molar-refractivity contribution in [1.29, 1.82) is 0 Å². The fraction of sp³-hybridized carbons (Fsp3) is 0.263. The van der Waals surface area contributed by atoms with Gasteiger partial charge < -0.3 is 15.2 Å². The summed E-state index contributed by atoms with van der Waals surface area (Å²) in [6.07, 6.45) is 0. The molecule has 7 nitrogen and oxygen atoms in total. The molecule has 1 atom stereocenters. The maximum atomic E-state index is 13.6. The number of hydrogen-bond donors (Lipinski definition) is 2. The molecular formula is C19H18F3N5O2S2. The number of halogens is 3. The highest BCUT2D eigenvalue weighted by atomic mass is 32.2. The van der Waals surface area contributed by atoms with Crippen LogP contribution < -0.4 is 10.6 Å². The van der Waals surface area contributed by atoms with E-state index in [0.29, 0.717) is 23.6 Å². The number of thioether (sulfide) groups is 1. The van der Waals surface area contributed by atoms with Crippen LogP contribution in [-0.2, 0) is 16.1 Å². The van der Waals surface area contributed by atoms with Gasteiger partial charge in [-0.25, -0.2) is 13.2 Å². The number of hydrogen-bond acceptors (Lipinski definition) is 6. The lowest BCUT2D eigenvalue weighted by molar-refractivity contribution is -0.123. The van der Waals surface area contributed by atoms with Gasteiger partial charge in [0.2, 0.25) is 11.8 Å². The van der Waals surface area contributed by atoms with Crippen LogP contribution in [0.1, 0.15) is 13.8 Å². The van der Waals surface area contributed by atoms with E-state index in [1.807, 2.05) is 29.0 Å². The standard InChI is InChI=1S/C19H18F3N5O2S2/c1-3-27-17(13-5-4-8-30-13)25-26-19(27)31-10(2)18(29)23-9-14(28)24-12-7-6-11(20)15(21)16(12)22/h4-8,10H,3,9H2,1-2H3,(H,23,29)(H,24,28)/t10-/m1/s1. The summed E-state index contributed by atoms with van der Waals surface area (Å²) in [6.45, 7) is 3.73. The van der Waals surface area contributed by atoms with Crippen molar-refractivity contribution >= 4 is 40.6 Å². The third-order valence-corrected chi connectivity index (χ3v) is 6.10. The number of rotatable bonds is 8. The second-order valence-corrected chi connectivity index (χ2v) is 8.53. The highest BCUT2D eigenvalue weighted by Crippen LogP contribution is 2.29. The van der Waals surface area contributed by atoms with E-state index in [0.717, 1.165) is 10.9 Å². The zero-order valence-electron chi connectivity index (χ0n) is 16.5. The number of nitrogens with zero attached hydrogens (tertiary/aromatic N) is 3. The molecule has 12 heteroatoms. The molecule has 2 aromatic heterocycles. The number of amides is 2. The average molecular weight is 470 g/mol. The van der Waals surface area contributed by atoms with E-state index < -0.39 is 46.7 Å². The maximum absolute atomic E-state index is 13.6. The van der Waals surface area contributed by atoms with E-state index in [2.05, 4.69) is 20.8 Å². The molecule has 0 fully saturated rings. The summed E-state index contributed by atoms with van der Waals surface area (Å²) >= 11 is 2.71. The molecule has 3 aromatic rings. The SMILES string of the molecule is CCn1c(S[C@H](C)C(=O)NCC(=O)Nc2ccc(F)c(F)c2F)nnc1-c1cccs1. The number of thiophene rings is 1. The first kappa shape index (κ1) is 22.8. The molecule has 0 saturated carbocycles. The Kier molecular flexibility index (Phi) is 7.33. The minimum Gasteiger partial charge on any atom is -0.346 e. The number of anilines is 1. The maximum Gasteiger partial charge on any atom is 0.243 e. The normalized spacial score (nSPS) is 11.9. The second-order valence-electron chi connectivity index (χ2n) is 6.28. The Morgan fingerprint density at radius 2 is 1.97 bits per heavy atom. The van der Waals surface area contributed by atoms with Gasteiger partial charge in [-0.1, -0.05) is 17.8 Å². The number of carbonyl (C=O) groups excluding carboxylic acids is 2. The van der Waals surface area contributed by atoms with E-state index in [-0.39, 0.29) is 0 Å². The zero-order valence-corrected chi connectivity index (χ0v) is 18.1. The largest absolute Gasteiger partial charge is 0.346 e. The summed E-state index contributed by atoms with van der Waals surface area (Å²) in [7, 11) is 0. The van der Waals surface area contributed by atoms with E-state index in [1.165, 1.54) is 23.1 Å². The molecule has 2 amide bonds. The molecule has 0 unspecified atom stereocenters. The Morgan fingerprint density at radius 1 is 1.19 bits per heavy atom. The Morgan fingerprint density at radius 3 is 2.65 bits per heavy atom. The Labute approximate surface area is 184 Å². The predicted octanol–water partition coefficient (Wildman–Crippen LogP) is 3.68. The molecule has 0 bridgehead atoms. The van der Waals surface area contributed by atoms with Gasteiger partial charge in [0, 0.05) is 6.54 Å². The van der Waals surface area contributed by atoms with E-state index in [4.69, 9.17) is 0 Å². The lowest BCUT2D eigenvalue weighted by Crippen LogP contribution is -2.37. The molecule has 3 rings (SSSR count). The molecule has 2 heterocycles. The van der Waals surface area contributed by atoms with Gasteiger partial charge in [-0.2, -0.15) is 0 Å². The third-order valence-electron chi connectivity index (χ3n) is 4.16. The average Bonchev–Trinajstić information content (AvgIpc) is 3.41. The molecular weight excluding hydrogens is 451 g/mol. The lowest BCUT2D eigenvalue weighted by Gasteiger charge is -2.13. The van der Waals surface area contributed by atoms with Crippen LogP contribution in [0.15, 0.2) is 34.8 Å². The van der Waals surface area contributed by atoms with Crippen LogP contribution in [0.4, 0.5) is 18.9 Å². The summed E-state index contributed by atoms with van der Waals surface area (Å²) in [6, 6.07) is 5.43. The number of nitrogens with one attached hydrogen (secondary N) is 2. The van der Waals surface area contributed by atoms with Gasteiger partial charge in [0.05, 0.1) is 22.4 Å². The van der Waals surface area contributed by atoms with Crippen molar-refractivity contribution in [2.75, 3.05) is 11.9 Å². The van der Waals surface area contributed by atoms with Gasteiger partial charge in [-0.3, -0.25) is 9.59 Å². The minimum atomic E-state index is -1.69. The number of carbonyl (C=O) groups is 2. The molecule has 0 saturated heterocycles. The van der Waals surface area contributed by atoms with E-state index in [9.17, 15) is 22.8 Å². The zero-order chi connectivity index (χ0) is 22.5. The smallest absolute Gasteiger partial charge is 0.243 e. The van der Waals surface area contributed by atoms with Gasteiger partial charge in [-0.15, -0.1) is 21.5 Å². The highest BCUT2D eigenvalue weighted by molar-refractivity contribution is 8.00. The molecule has 164 valence electrons. The van der Waals surface area contributed by atoms with Crippen molar-refractivity contribution in [1.82, 2.24) is 20.1 Å². The van der Waals surface area contributed by atoms with Gasteiger partial charge in [0.1, 0.15) is 0 Å². The first-order valence-corrected chi connectivity index (χ1v) is 10.9. The fourth-order valence-corrected chi connectivity index (χ4v) is 4.24. The Bertz CT molecular complexity index is 1090. The predicted molar refractivity (Wildman–Crippen MR) is 112 cm³/mol. The van der Waals surface area contributed by atoms with Crippen molar-refractivity contribution < 1.29 is 22.8 Å². The summed E-state index contributed by atoms with van der Waals surface area (Å²) in [5.41, 5.74) is -0.516. The molecule has 0 spiro atoms. The monoisotopic (exact) mass is 469 g/mol. The first-order chi connectivity index (χ1) is 14.8. The van der Waals surface area contributed by atoms with Crippen LogP contribution in [-0.4, -0.2) is 38.4 Å².